The smallest absolute Gasteiger partial charge is 0.0184 e. The van der Waals surface area contributed by atoms with Crippen LogP contribution in [0.2, 0.25) is 0 Å². The summed E-state index contributed by atoms with van der Waals surface area (Å²) in [6.45, 7) is 6.13. The third-order valence-electron chi connectivity index (χ3n) is 4.08. The summed E-state index contributed by atoms with van der Waals surface area (Å²) in [6.07, 6.45) is 7.15. The van der Waals surface area contributed by atoms with Crippen molar-refractivity contribution in [2.24, 2.45) is 11.8 Å². The zero-order valence-electron chi connectivity index (χ0n) is 8.40. The Kier molecular flexibility index (Phi) is 2.16. The van der Waals surface area contributed by atoms with Gasteiger partial charge < -0.3 is 5.32 Å². The summed E-state index contributed by atoms with van der Waals surface area (Å²) in [6, 6.07) is 0. The van der Waals surface area contributed by atoms with Crippen LogP contribution in [0.5, 0.6) is 0 Å². The Bertz CT molecular complexity index is 162. The maximum absolute atomic E-state index is 3.73. The highest BCUT2D eigenvalue weighted by Gasteiger charge is 2.41. The van der Waals surface area contributed by atoms with Gasteiger partial charge in [0.2, 0.25) is 0 Å². The Balaban J connectivity index is 2.12. The molecular formula is C11H21N. The summed E-state index contributed by atoms with van der Waals surface area (Å²) in [7, 11) is 0. The Morgan fingerprint density at radius 1 is 1.25 bits per heavy atom. The van der Waals surface area contributed by atoms with E-state index < -0.39 is 0 Å². The van der Waals surface area contributed by atoms with Crippen molar-refractivity contribution < 1.29 is 0 Å². The molecule has 2 fully saturated rings. The van der Waals surface area contributed by atoms with E-state index in [4.69, 9.17) is 0 Å². The van der Waals surface area contributed by atoms with Crippen LogP contribution in [-0.2, 0) is 0 Å². The standard InChI is InChI=1S/C11H21N/c1-9-5-3-7-11(2)10(9)6-4-8-12-11/h9-10,12H,3-8H2,1-2H3. The Morgan fingerprint density at radius 3 is 2.83 bits per heavy atom. The molecule has 3 unspecified atom stereocenters. The van der Waals surface area contributed by atoms with Crippen LogP contribution in [-0.4, -0.2) is 12.1 Å². The zero-order valence-corrected chi connectivity index (χ0v) is 8.40. The Morgan fingerprint density at radius 2 is 2.08 bits per heavy atom. The second kappa shape index (κ2) is 3.02. The van der Waals surface area contributed by atoms with Crippen LogP contribution in [0.3, 0.4) is 0 Å². The van der Waals surface area contributed by atoms with Crippen molar-refractivity contribution in [2.75, 3.05) is 6.54 Å². The quantitative estimate of drug-likeness (QED) is 0.584. The second-order valence-electron chi connectivity index (χ2n) is 4.96. The predicted molar refractivity (Wildman–Crippen MR) is 52.1 cm³/mol. The summed E-state index contributed by atoms with van der Waals surface area (Å²) in [4.78, 5) is 0. The monoisotopic (exact) mass is 167 g/mol. The van der Waals surface area contributed by atoms with Crippen LogP contribution in [0.15, 0.2) is 0 Å². The second-order valence-corrected chi connectivity index (χ2v) is 4.96. The minimum atomic E-state index is 0.496. The van der Waals surface area contributed by atoms with E-state index in [1.165, 1.54) is 38.6 Å². The summed E-state index contributed by atoms with van der Waals surface area (Å²) in [5.41, 5.74) is 0.496. The van der Waals surface area contributed by atoms with Gasteiger partial charge in [-0.1, -0.05) is 19.8 Å². The highest BCUT2D eigenvalue weighted by atomic mass is 15.0. The minimum Gasteiger partial charge on any atom is -0.311 e. The number of rotatable bonds is 0. The average molecular weight is 167 g/mol. The molecule has 0 aromatic heterocycles. The van der Waals surface area contributed by atoms with Gasteiger partial charge in [0.25, 0.3) is 0 Å². The molecule has 1 saturated heterocycles. The maximum Gasteiger partial charge on any atom is 0.0184 e. The molecule has 0 radical (unpaired) electrons. The Labute approximate surface area is 75.9 Å². The summed E-state index contributed by atoms with van der Waals surface area (Å²) < 4.78 is 0. The van der Waals surface area contributed by atoms with Gasteiger partial charge in [0, 0.05) is 5.54 Å². The average Bonchev–Trinajstić information content (AvgIpc) is 2.04. The number of hydrogen-bond donors (Lipinski definition) is 1. The highest BCUT2D eigenvalue weighted by molar-refractivity contribution is 4.98. The lowest BCUT2D eigenvalue weighted by Gasteiger charge is -2.49. The topological polar surface area (TPSA) is 12.0 Å². The molecule has 0 amide bonds. The molecule has 1 N–H and O–H groups in total. The van der Waals surface area contributed by atoms with Gasteiger partial charge in [-0.05, 0) is 44.6 Å². The third-order valence-corrected chi connectivity index (χ3v) is 4.08. The van der Waals surface area contributed by atoms with E-state index in [2.05, 4.69) is 19.2 Å². The van der Waals surface area contributed by atoms with Gasteiger partial charge in [0.1, 0.15) is 0 Å². The largest absolute Gasteiger partial charge is 0.311 e. The molecule has 3 atom stereocenters. The molecule has 1 aliphatic heterocycles. The van der Waals surface area contributed by atoms with Crippen molar-refractivity contribution in [3.63, 3.8) is 0 Å². The fourth-order valence-electron chi connectivity index (χ4n) is 3.32. The van der Waals surface area contributed by atoms with Gasteiger partial charge in [-0.25, -0.2) is 0 Å². The first kappa shape index (κ1) is 8.55. The van der Waals surface area contributed by atoms with Gasteiger partial charge in [-0.15, -0.1) is 0 Å². The molecule has 2 aliphatic rings. The van der Waals surface area contributed by atoms with Gasteiger partial charge in [0.05, 0.1) is 0 Å². The molecule has 1 nitrogen and oxygen atoms in total. The van der Waals surface area contributed by atoms with Gasteiger partial charge in [-0.2, -0.15) is 0 Å². The molecule has 1 aliphatic carbocycles. The van der Waals surface area contributed by atoms with Crippen LogP contribution in [0.25, 0.3) is 0 Å². The molecule has 12 heavy (non-hydrogen) atoms. The molecule has 2 rings (SSSR count). The first-order valence-corrected chi connectivity index (χ1v) is 5.47. The van der Waals surface area contributed by atoms with E-state index in [0.717, 1.165) is 11.8 Å². The lowest BCUT2D eigenvalue weighted by atomic mass is 9.65. The van der Waals surface area contributed by atoms with E-state index in [1.54, 1.807) is 0 Å². The van der Waals surface area contributed by atoms with Crippen LogP contribution >= 0.6 is 0 Å². The first-order chi connectivity index (χ1) is 5.72. The summed E-state index contributed by atoms with van der Waals surface area (Å²) >= 11 is 0. The lowest BCUT2D eigenvalue weighted by molar-refractivity contribution is 0.0732. The SMILES string of the molecule is CC1CCCC2(C)NCCCC12. The lowest BCUT2D eigenvalue weighted by Crippen LogP contribution is -2.56. The third kappa shape index (κ3) is 1.28. The van der Waals surface area contributed by atoms with Gasteiger partial charge in [-0.3, -0.25) is 0 Å². The normalized spacial score (nSPS) is 48.5. The fourth-order valence-corrected chi connectivity index (χ4v) is 3.32. The molecule has 0 aromatic rings. The highest BCUT2D eigenvalue weighted by Crippen LogP contribution is 2.41. The number of piperidine rings is 1. The van der Waals surface area contributed by atoms with Crippen LogP contribution in [0.4, 0.5) is 0 Å². The molecule has 1 saturated carbocycles. The van der Waals surface area contributed by atoms with E-state index in [0.29, 0.717) is 5.54 Å². The molecule has 0 bridgehead atoms. The van der Waals surface area contributed by atoms with Crippen molar-refractivity contribution >= 4 is 0 Å². The summed E-state index contributed by atoms with van der Waals surface area (Å²) in [5.74, 6) is 1.91. The number of hydrogen-bond acceptors (Lipinski definition) is 1. The van der Waals surface area contributed by atoms with E-state index in [9.17, 15) is 0 Å². The summed E-state index contributed by atoms with van der Waals surface area (Å²) in [5, 5.41) is 3.73. The van der Waals surface area contributed by atoms with Crippen LogP contribution < -0.4 is 5.32 Å². The number of nitrogens with one attached hydrogen (secondary N) is 1. The Hall–Kier alpha value is -0.0400. The van der Waals surface area contributed by atoms with Gasteiger partial charge >= 0.3 is 0 Å². The van der Waals surface area contributed by atoms with Crippen molar-refractivity contribution in [1.29, 1.82) is 0 Å². The van der Waals surface area contributed by atoms with Crippen molar-refractivity contribution in [3.8, 4) is 0 Å². The van der Waals surface area contributed by atoms with E-state index >= 15 is 0 Å². The molecule has 0 aromatic carbocycles. The maximum atomic E-state index is 3.73. The fraction of sp³-hybridized carbons (Fsp3) is 1.00. The van der Waals surface area contributed by atoms with Crippen LogP contribution in [0, 0.1) is 11.8 Å². The van der Waals surface area contributed by atoms with Gasteiger partial charge in [0.15, 0.2) is 0 Å². The van der Waals surface area contributed by atoms with E-state index in [1.807, 2.05) is 0 Å². The zero-order chi connectivity index (χ0) is 8.60. The molecule has 1 heterocycles. The van der Waals surface area contributed by atoms with Crippen molar-refractivity contribution in [3.05, 3.63) is 0 Å². The molecular weight excluding hydrogens is 146 g/mol. The van der Waals surface area contributed by atoms with E-state index in [-0.39, 0.29) is 0 Å². The molecule has 1 heteroatoms. The predicted octanol–water partition coefficient (Wildman–Crippen LogP) is 2.56. The number of fused-ring (bicyclic) bond motifs is 1. The molecule has 0 spiro atoms. The first-order valence-electron chi connectivity index (χ1n) is 5.47. The van der Waals surface area contributed by atoms with Crippen LogP contribution in [0.1, 0.15) is 46.0 Å². The minimum absolute atomic E-state index is 0.496. The van der Waals surface area contributed by atoms with Crippen molar-refractivity contribution in [1.82, 2.24) is 5.32 Å². The van der Waals surface area contributed by atoms with Crippen molar-refractivity contribution in [2.45, 2.75) is 51.5 Å². The molecule has 70 valence electrons.